The third-order valence-corrected chi connectivity index (χ3v) is 13.8. The summed E-state index contributed by atoms with van der Waals surface area (Å²) >= 11 is 0. The number of hydrogen-bond donors (Lipinski definition) is 0. The van der Waals surface area contributed by atoms with Gasteiger partial charge in [0.1, 0.15) is 23.4 Å². The number of allylic oxidation sites excluding steroid dienone is 6. The summed E-state index contributed by atoms with van der Waals surface area (Å²) in [5, 5.41) is 10.7. The Morgan fingerprint density at radius 2 is 1.65 bits per heavy atom. The van der Waals surface area contributed by atoms with E-state index in [0.717, 1.165) is 67.1 Å². The van der Waals surface area contributed by atoms with E-state index in [4.69, 9.17) is 9.15 Å². The first kappa shape index (κ1) is 31.4. The van der Waals surface area contributed by atoms with E-state index in [9.17, 15) is 5.26 Å². The van der Waals surface area contributed by atoms with Crippen molar-refractivity contribution >= 4 is 23.5 Å². The van der Waals surface area contributed by atoms with Crippen LogP contribution in [0.15, 0.2) is 125 Å². The molecule has 0 spiro atoms. The first-order valence-electron chi connectivity index (χ1n) is 20.1. The van der Waals surface area contributed by atoms with E-state index >= 15 is 0 Å². The number of fused-ring (bicyclic) bond motifs is 14. The number of ether oxygens (including phenoxy) is 1. The lowest BCUT2D eigenvalue weighted by Crippen LogP contribution is -2.53. The second kappa shape index (κ2) is 11.5. The maximum Gasteiger partial charge on any atom is 0.140 e. The van der Waals surface area contributed by atoms with Gasteiger partial charge in [-0.2, -0.15) is 5.26 Å². The van der Waals surface area contributed by atoms with Crippen molar-refractivity contribution in [1.82, 2.24) is 4.57 Å². The lowest BCUT2D eigenvalue weighted by molar-refractivity contribution is 0.154. The monoisotopic (exact) mass is 715 g/mol. The molecule has 6 atom stereocenters. The molecule has 0 saturated heterocycles. The Labute approximate surface area is 321 Å². The fraction of sp³-hybridized carbons (Fsp3) is 0.260. The zero-order valence-corrected chi connectivity index (χ0v) is 30.9. The lowest BCUT2D eigenvalue weighted by atomic mass is 9.69. The molecule has 7 aliphatic rings. The van der Waals surface area contributed by atoms with Crippen molar-refractivity contribution in [3.05, 3.63) is 171 Å². The van der Waals surface area contributed by atoms with Gasteiger partial charge < -0.3 is 18.6 Å². The smallest absolute Gasteiger partial charge is 0.140 e. The lowest BCUT2D eigenvalue weighted by Gasteiger charge is -2.43. The molecule has 268 valence electrons. The Morgan fingerprint density at radius 3 is 2.56 bits per heavy atom. The van der Waals surface area contributed by atoms with Gasteiger partial charge in [-0.1, -0.05) is 91.1 Å². The number of hydrogen-bond acceptors (Lipinski definition) is 4. The summed E-state index contributed by atoms with van der Waals surface area (Å²) in [5.74, 6) is 3.30. The molecule has 5 aromatic rings. The van der Waals surface area contributed by atoms with Crippen molar-refractivity contribution in [3.63, 3.8) is 0 Å². The van der Waals surface area contributed by atoms with Crippen LogP contribution >= 0.6 is 0 Å². The number of furan rings is 1. The maximum absolute atomic E-state index is 10.7. The molecule has 5 nitrogen and oxygen atoms in total. The van der Waals surface area contributed by atoms with Gasteiger partial charge in [0.05, 0.1) is 23.7 Å². The average molecular weight is 716 g/mol. The molecule has 12 rings (SSSR count). The molecular formula is C50H41N3O2. The normalized spacial score (nSPS) is 27.1. The molecule has 4 heterocycles. The van der Waals surface area contributed by atoms with Crippen LogP contribution in [-0.4, -0.2) is 16.7 Å². The number of nitrogens with zero attached hydrogens (tertiary/aromatic N) is 3. The molecule has 0 saturated carbocycles. The minimum Gasteiger partial charge on any atom is -0.487 e. The molecule has 2 aliphatic heterocycles. The van der Waals surface area contributed by atoms with Crippen LogP contribution in [0.1, 0.15) is 88.2 Å². The third kappa shape index (κ3) is 4.23. The SMILES string of the molecule is CC12C=CC3c4ccccc4OC3C1N(c1ccc(C3C=CC=C(C#N)C3n3c4c(c5c3CCc3c-5oc5c3CCC=C5)C=CCC4)cc1)c1ccccc12. The summed E-state index contributed by atoms with van der Waals surface area (Å²) in [7, 11) is 0. The van der Waals surface area contributed by atoms with Crippen molar-refractivity contribution in [2.45, 2.75) is 80.9 Å². The van der Waals surface area contributed by atoms with Crippen molar-refractivity contribution in [2.75, 3.05) is 4.90 Å². The van der Waals surface area contributed by atoms with E-state index in [-0.39, 0.29) is 35.4 Å². The third-order valence-electron chi connectivity index (χ3n) is 13.8. The Kier molecular flexibility index (Phi) is 6.56. The highest BCUT2D eigenvalue weighted by Gasteiger charge is 2.57. The summed E-state index contributed by atoms with van der Waals surface area (Å²) in [6, 6.07) is 29.3. The van der Waals surface area contributed by atoms with Crippen LogP contribution in [-0.2, 0) is 31.1 Å². The Balaban J connectivity index is 0.958. The quantitative estimate of drug-likeness (QED) is 0.175. The minimum atomic E-state index is -0.202. The van der Waals surface area contributed by atoms with Gasteiger partial charge in [0.15, 0.2) is 0 Å². The van der Waals surface area contributed by atoms with Gasteiger partial charge in [0, 0.05) is 67.8 Å². The molecule has 6 unspecified atom stereocenters. The highest BCUT2D eigenvalue weighted by molar-refractivity contribution is 5.83. The molecule has 0 amide bonds. The predicted molar refractivity (Wildman–Crippen MR) is 218 cm³/mol. The van der Waals surface area contributed by atoms with Gasteiger partial charge in [0.25, 0.3) is 0 Å². The molecule has 5 heteroatoms. The highest BCUT2D eigenvalue weighted by Crippen LogP contribution is 2.58. The van der Waals surface area contributed by atoms with Crippen LogP contribution in [0.25, 0.3) is 23.5 Å². The summed E-state index contributed by atoms with van der Waals surface area (Å²) in [5.41, 5.74) is 14.8. The number of anilines is 2. The van der Waals surface area contributed by atoms with E-state index in [1.54, 1.807) is 0 Å². The zero-order valence-electron chi connectivity index (χ0n) is 30.9. The van der Waals surface area contributed by atoms with Gasteiger partial charge in [-0.15, -0.1) is 0 Å². The van der Waals surface area contributed by atoms with E-state index in [1.165, 1.54) is 56.0 Å². The first-order chi connectivity index (χ1) is 27.1. The molecule has 0 fully saturated rings. The molecule has 0 N–H and O–H groups in total. The summed E-state index contributed by atoms with van der Waals surface area (Å²) in [6.07, 6.45) is 26.3. The van der Waals surface area contributed by atoms with Gasteiger partial charge in [-0.05, 0) is 93.0 Å². The molecule has 55 heavy (non-hydrogen) atoms. The second-order valence-electron chi connectivity index (χ2n) is 16.5. The standard InChI is InChI=1S/C50H41N3O2/c1-50-28-27-37-35-13-4-9-20-44(35)55-48(37)49(50)52(41-18-7-5-16-39(41)50)32-23-21-30(22-24-32)33-15-10-11-31(29-51)46(33)53-40-17-6-2-14-38(40)45-42(53)26-25-36-34-12-3-8-19-43(34)54-47(36)45/h2,4-5,7-11,13-16,18-24,27-28,33,37,46,48-49H,3,6,12,17,25-26H2,1H3. The van der Waals surface area contributed by atoms with Crippen molar-refractivity contribution < 1.29 is 9.15 Å². The fourth-order valence-corrected chi connectivity index (χ4v) is 11.4. The Hall–Kier alpha value is -5.99. The van der Waals surface area contributed by atoms with Crippen LogP contribution in [0.3, 0.4) is 0 Å². The Morgan fingerprint density at radius 1 is 0.818 bits per heavy atom. The largest absolute Gasteiger partial charge is 0.487 e. The van der Waals surface area contributed by atoms with Gasteiger partial charge >= 0.3 is 0 Å². The van der Waals surface area contributed by atoms with Gasteiger partial charge in [-0.3, -0.25) is 0 Å². The molecule has 0 bridgehead atoms. The topological polar surface area (TPSA) is 54.3 Å². The number of para-hydroxylation sites is 2. The van der Waals surface area contributed by atoms with Crippen molar-refractivity contribution in [1.29, 1.82) is 5.26 Å². The fourth-order valence-electron chi connectivity index (χ4n) is 11.4. The van der Waals surface area contributed by atoms with E-state index in [2.05, 4.69) is 144 Å². The average Bonchev–Trinajstić information content (AvgIpc) is 3.97. The summed E-state index contributed by atoms with van der Waals surface area (Å²) < 4.78 is 16.1. The first-order valence-corrected chi connectivity index (χ1v) is 20.1. The molecular weight excluding hydrogens is 675 g/mol. The van der Waals surface area contributed by atoms with Crippen LogP contribution in [0.2, 0.25) is 0 Å². The van der Waals surface area contributed by atoms with E-state index in [1.807, 2.05) is 6.08 Å². The molecule has 3 aromatic carbocycles. The molecule has 5 aliphatic carbocycles. The van der Waals surface area contributed by atoms with Crippen LogP contribution in [0.5, 0.6) is 5.75 Å². The zero-order chi connectivity index (χ0) is 36.4. The van der Waals surface area contributed by atoms with Crippen molar-refractivity contribution in [3.8, 4) is 23.1 Å². The maximum atomic E-state index is 10.7. The molecule has 0 radical (unpaired) electrons. The second-order valence-corrected chi connectivity index (χ2v) is 16.5. The number of rotatable bonds is 3. The Bertz CT molecular complexity index is 2650. The van der Waals surface area contributed by atoms with Crippen LogP contribution in [0, 0.1) is 11.3 Å². The molecule has 2 aromatic heterocycles. The van der Waals surface area contributed by atoms with Crippen LogP contribution in [0.4, 0.5) is 11.4 Å². The predicted octanol–water partition coefficient (Wildman–Crippen LogP) is 11.0. The van der Waals surface area contributed by atoms with Gasteiger partial charge in [0.2, 0.25) is 0 Å². The van der Waals surface area contributed by atoms with E-state index in [0.29, 0.717) is 0 Å². The summed E-state index contributed by atoms with van der Waals surface area (Å²) in [4.78, 5) is 2.54. The van der Waals surface area contributed by atoms with Crippen LogP contribution < -0.4 is 9.64 Å². The number of aromatic nitrogens is 1. The highest BCUT2D eigenvalue weighted by atomic mass is 16.5. The van der Waals surface area contributed by atoms with E-state index < -0.39 is 0 Å². The number of nitriles is 1. The minimum absolute atomic E-state index is 0.000122. The summed E-state index contributed by atoms with van der Waals surface area (Å²) in [6.45, 7) is 2.38. The van der Waals surface area contributed by atoms with Crippen molar-refractivity contribution in [2.24, 2.45) is 0 Å². The number of benzene rings is 3. The van der Waals surface area contributed by atoms with Gasteiger partial charge in [-0.25, -0.2) is 0 Å².